The van der Waals surface area contributed by atoms with Gasteiger partial charge in [0.2, 0.25) is 0 Å². The molecule has 2 aliphatic heterocycles. The maximum Gasteiger partial charge on any atom is 0.336 e. The molecule has 0 spiro atoms. The Hall–Kier alpha value is -1.84. The number of aromatic amines is 1. The predicted octanol–water partition coefficient (Wildman–Crippen LogP) is 1.21. The number of aromatic carboxylic acids is 1. The van der Waals surface area contributed by atoms with Crippen molar-refractivity contribution >= 4 is 5.97 Å². The molecule has 0 saturated heterocycles. The van der Waals surface area contributed by atoms with Crippen LogP contribution >= 0.6 is 0 Å². The first-order chi connectivity index (χ1) is 5.79. The standard InChI is InChI=1S/C8H6N2O2/c11-8(12)5-1-2-10-7-4-9-3-6(5)7/h1-4,10H,(H,11,12). The Balaban J connectivity index is 2.71. The molecule has 0 unspecified atom stereocenters. The number of carbonyl (C=O) groups is 1. The van der Waals surface area contributed by atoms with Crippen LogP contribution in [0.5, 0.6) is 0 Å². The van der Waals surface area contributed by atoms with E-state index in [1.807, 2.05) is 0 Å². The summed E-state index contributed by atoms with van der Waals surface area (Å²) in [6.07, 6.45) is 4.73. The summed E-state index contributed by atoms with van der Waals surface area (Å²) < 4.78 is 0. The third kappa shape index (κ3) is 0.852. The Bertz CT molecular complexity index is 394. The van der Waals surface area contributed by atoms with E-state index in [0.29, 0.717) is 5.56 Å². The summed E-state index contributed by atoms with van der Waals surface area (Å²) in [7, 11) is 0. The minimum absolute atomic E-state index is 0.279. The molecule has 4 nitrogen and oxygen atoms in total. The molecule has 0 radical (unpaired) electrons. The van der Waals surface area contributed by atoms with Crippen molar-refractivity contribution in [3.8, 4) is 11.3 Å². The van der Waals surface area contributed by atoms with Crippen molar-refractivity contribution in [3.05, 3.63) is 30.2 Å². The second-order valence-corrected chi connectivity index (χ2v) is 2.43. The highest BCUT2D eigenvalue weighted by atomic mass is 16.4. The largest absolute Gasteiger partial charge is 0.478 e. The van der Waals surface area contributed by atoms with Gasteiger partial charge in [-0.15, -0.1) is 0 Å². The molecule has 0 amide bonds. The molecular weight excluding hydrogens is 156 g/mol. The Morgan fingerprint density at radius 2 is 2.33 bits per heavy atom. The fourth-order valence-corrected chi connectivity index (χ4v) is 1.15. The van der Waals surface area contributed by atoms with Gasteiger partial charge in [-0.3, -0.25) is 4.98 Å². The van der Waals surface area contributed by atoms with E-state index < -0.39 is 5.97 Å². The average Bonchev–Trinajstić information content (AvgIpc) is 2.49. The van der Waals surface area contributed by atoms with E-state index in [9.17, 15) is 4.79 Å². The normalized spacial score (nSPS) is 10.3. The van der Waals surface area contributed by atoms with Crippen molar-refractivity contribution in [1.29, 1.82) is 0 Å². The number of pyridine rings is 1. The van der Waals surface area contributed by atoms with Gasteiger partial charge in [-0.05, 0) is 6.07 Å². The van der Waals surface area contributed by atoms with Gasteiger partial charge < -0.3 is 10.1 Å². The van der Waals surface area contributed by atoms with Crippen molar-refractivity contribution in [2.24, 2.45) is 0 Å². The van der Waals surface area contributed by atoms with Crippen LogP contribution in [0, 0.1) is 0 Å². The molecule has 0 aliphatic carbocycles. The zero-order valence-corrected chi connectivity index (χ0v) is 6.11. The lowest BCUT2D eigenvalue weighted by atomic mass is 10.1. The molecule has 12 heavy (non-hydrogen) atoms. The number of rotatable bonds is 1. The van der Waals surface area contributed by atoms with Crippen LogP contribution in [0.4, 0.5) is 0 Å². The highest BCUT2D eigenvalue weighted by Crippen LogP contribution is 2.22. The summed E-state index contributed by atoms with van der Waals surface area (Å²) in [5, 5.41) is 8.76. The summed E-state index contributed by atoms with van der Waals surface area (Å²) in [6, 6.07) is 1.52. The van der Waals surface area contributed by atoms with E-state index in [2.05, 4.69) is 9.97 Å². The van der Waals surface area contributed by atoms with Crippen LogP contribution in [0.25, 0.3) is 11.3 Å². The number of carboxylic acids is 1. The van der Waals surface area contributed by atoms with Crippen LogP contribution in [0.3, 0.4) is 0 Å². The van der Waals surface area contributed by atoms with Crippen LogP contribution in [-0.4, -0.2) is 21.0 Å². The van der Waals surface area contributed by atoms with Gasteiger partial charge in [-0.25, -0.2) is 4.79 Å². The highest BCUT2D eigenvalue weighted by Gasteiger charge is 2.13. The lowest BCUT2D eigenvalue weighted by Crippen LogP contribution is -1.99. The first kappa shape index (κ1) is 6.84. The molecule has 0 fully saturated rings. The molecule has 2 N–H and O–H groups in total. The maximum absolute atomic E-state index is 10.7. The monoisotopic (exact) mass is 162 g/mol. The molecule has 60 valence electrons. The SMILES string of the molecule is O=C(O)c1cc[nH]c2cncc1-2. The molecule has 0 bridgehead atoms. The van der Waals surface area contributed by atoms with Gasteiger partial charge in [0.1, 0.15) is 0 Å². The molecule has 0 saturated carbocycles. The molecule has 0 aromatic rings. The fourth-order valence-electron chi connectivity index (χ4n) is 1.15. The number of hydrogen-bond acceptors (Lipinski definition) is 2. The fraction of sp³-hybridized carbons (Fsp3) is 0. The van der Waals surface area contributed by atoms with E-state index >= 15 is 0 Å². The summed E-state index contributed by atoms with van der Waals surface area (Å²) in [5.74, 6) is -0.929. The quantitative estimate of drug-likeness (QED) is 0.662. The van der Waals surface area contributed by atoms with Gasteiger partial charge in [0, 0.05) is 18.0 Å². The van der Waals surface area contributed by atoms with E-state index in [4.69, 9.17) is 5.11 Å². The molecule has 4 heteroatoms. The van der Waals surface area contributed by atoms with Crippen LogP contribution < -0.4 is 0 Å². The van der Waals surface area contributed by atoms with Gasteiger partial charge in [0.15, 0.2) is 0 Å². The number of carboxylic acid groups (broad SMARTS) is 1. The van der Waals surface area contributed by atoms with Crippen molar-refractivity contribution in [2.45, 2.75) is 0 Å². The van der Waals surface area contributed by atoms with Crippen molar-refractivity contribution in [2.75, 3.05) is 0 Å². The number of aromatic nitrogens is 2. The number of fused-ring (bicyclic) bond motifs is 1. The van der Waals surface area contributed by atoms with Gasteiger partial charge in [-0.2, -0.15) is 0 Å². The van der Waals surface area contributed by atoms with Crippen LogP contribution in [0.1, 0.15) is 10.4 Å². The molecular formula is C8H6N2O2. The second-order valence-electron chi connectivity index (χ2n) is 2.43. The summed E-state index contributed by atoms with van der Waals surface area (Å²) in [5.41, 5.74) is 1.67. The Morgan fingerprint density at radius 3 is 3.08 bits per heavy atom. The molecule has 2 aliphatic rings. The van der Waals surface area contributed by atoms with Crippen LogP contribution in [0.2, 0.25) is 0 Å². The van der Waals surface area contributed by atoms with E-state index in [1.165, 1.54) is 12.3 Å². The van der Waals surface area contributed by atoms with Crippen molar-refractivity contribution in [3.63, 3.8) is 0 Å². The number of nitrogens with zero attached hydrogens (tertiary/aromatic N) is 1. The predicted molar refractivity (Wildman–Crippen MR) is 42.2 cm³/mol. The van der Waals surface area contributed by atoms with Crippen molar-refractivity contribution < 1.29 is 9.90 Å². The zero-order chi connectivity index (χ0) is 8.55. The molecule has 2 heterocycles. The first-order valence-corrected chi connectivity index (χ1v) is 3.43. The third-order valence-corrected chi connectivity index (χ3v) is 1.71. The lowest BCUT2D eigenvalue weighted by molar-refractivity contribution is 0.0697. The van der Waals surface area contributed by atoms with E-state index in [1.54, 1.807) is 12.4 Å². The maximum atomic E-state index is 10.7. The van der Waals surface area contributed by atoms with E-state index in [-0.39, 0.29) is 5.56 Å². The summed E-state index contributed by atoms with van der Waals surface area (Å²) >= 11 is 0. The van der Waals surface area contributed by atoms with Crippen LogP contribution in [-0.2, 0) is 0 Å². The Kier molecular flexibility index (Phi) is 1.33. The Morgan fingerprint density at radius 1 is 1.50 bits per heavy atom. The number of H-pyrrole nitrogens is 1. The van der Waals surface area contributed by atoms with Gasteiger partial charge in [-0.1, -0.05) is 0 Å². The number of nitrogens with one attached hydrogen (secondary N) is 1. The first-order valence-electron chi connectivity index (χ1n) is 3.43. The molecule has 2 rings (SSSR count). The molecule has 0 atom stereocenters. The summed E-state index contributed by atoms with van der Waals surface area (Å²) in [6.45, 7) is 0. The smallest absolute Gasteiger partial charge is 0.336 e. The minimum Gasteiger partial charge on any atom is -0.478 e. The topological polar surface area (TPSA) is 66.0 Å². The lowest BCUT2D eigenvalue weighted by Gasteiger charge is -2.00. The zero-order valence-electron chi connectivity index (χ0n) is 6.11. The van der Waals surface area contributed by atoms with Crippen LogP contribution in [0.15, 0.2) is 24.7 Å². The molecule has 0 aromatic carbocycles. The van der Waals surface area contributed by atoms with Gasteiger partial charge in [0.05, 0.1) is 17.5 Å². The summed E-state index contributed by atoms with van der Waals surface area (Å²) in [4.78, 5) is 17.4. The Labute approximate surface area is 68.2 Å². The second kappa shape index (κ2) is 2.34. The van der Waals surface area contributed by atoms with Gasteiger partial charge in [0.25, 0.3) is 0 Å². The van der Waals surface area contributed by atoms with E-state index in [0.717, 1.165) is 5.69 Å². The highest BCUT2D eigenvalue weighted by molar-refractivity contribution is 5.95. The average molecular weight is 162 g/mol. The van der Waals surface area contributed by atoms with Crippen molar-refractivity contribution in [1.82, 2.24) is 9.97 Å². The third-order valence-electron chi connectivity index (χ3n) is 1.71. The minimum atomic E-state index is -0.929. The van der Waals surface area contributed by atoms with Gasteiger partial charge >= 0.3 is 5.97 Å². The molecule has 0 aromatic heterocycles. The number of hydrogen-bond donors (Lipinski definition) is 2.